The van der Waals surface area contributed by atoms with E-state index in [1.165, 1.54) is 16.7 Å². The molecule has 0 saturated heterocycles. The van der Waals surface area contributed by atoms with Gasteiger partial charge in [0.2, 0.25) is 0 Å². The standard InChI is InChI=1S/C41H52N2O4/c1-30(2)43(31(3)4)25-23-37(35-15-11-8-12-16-35)38-27-32(19-22-39(38)47-29-34-13-9-7-10-14-34)24-26-46-36-20-17-33(18-21-36)28-41(5,6)42-40(44)45/h7-22,27,30-31,37,42H,23-26,28-29H2,1-6H3,(H,44,45)/t37-/m1/s1. The molecule has 0 radical (unpaired) electrons. The smallest absolute Gasteiger partial charge is 0.405 e. The molecule has 0 fully saturated rings. The van der Waals surface area contributed by atoms with E-state index in [0.29, 0.717) is 31.7 Å². The molecular formula is C41H52N2O4. The van der Waals surface area contributed by atoms with E-state index in [4.69, 9.17) is 14.6 Å². The van der Waals surface area contributed by atoms with Crippen LogP contribution in [0.3, 0.4) is 0 Å². The van der Waals surface area contributed by atoms with Crippen LogP contribution in [0.25, 0.3) is 0 Å². The van der Waals surface area contributed by atoms with Crippen LogP contribution in [0.4, 0.5) is 4.79 Å². The molecule has 6 heteroatoms. The highest BCUT2D eigenvalue weighted by Gasteiger charge is 2.23. The molecule has 1 amide bonds. The summed E-state index contributed by atoms with van der Waals surface area (Å²) >= 11 is 0. The predicted molar refractivity (Wildman–Crippen MR) is 192 cm³/mol. The van der Waals surface area contributed by atoms with Gasteiger partial charge in [-0.1, -0.05) is 84.9 Å². The van der Waals surface area contributed by atoms with Crippen LogP contribution in [0, 0.1) is 0 Å². The van der Waals surface area contributed by atoms with E-state index in [2.05, 4.69) is 98.6 Å². The zero-order chi connectivity index (χ0) is 33.8. The van der Waals surface area contributed by atoms with Crippen molar-refractivity contribution in [2.45, 2.75) is 91.0 Å². The quantitative estimate of drug-likeness (QED) is 0.121. The molecule has 6 nitrogen and oxygen atoms in total. The van der Waals surface area contributed by atoms with Crippen LogP contribution in [-0.4, -0.2) is 46.9 Å². The molecule has 47 heavy (non-hydrogen) atoms. The Morgan fingerprint density at radius 1 is 0.787 bits per heavy atom. The molecular weight excluding hydrogens is 584 g/mol. The number of carboxylic acid groups (broad SMARTS) is 1. The van der Waals surface area contributed by atoms with Gasteiger partial charge in [-0.25, -0.2) is 4.79 Å². The van der Waals surface area contributed by atoms with Gasteiger partial charge < -0.3 is 19.9 Å². The summed E-state index contributed by atoms with van der Waals surface area (Å²) in [6.07, 6.45) is 1.31. The monoisotopic (exact) mass is 636 g/mol. The normalized spacial score (nSPS) is 12.4. The zero-order valence-electron chi connectivity index (χ0n) is 28.9. The number of rotatable bonds is 17. The summed E-state index contributed by atoms with van der Waals surface area (Å²) in [6, 6.07) is 36.6. The first-order chi connectivity index (χ1) is 22.5. The molecule has 250 valence electrons. The minimum atomic E-state index is -1.02. The number of benzene rings is 4. The number of hydrogen-bond donors (Lipinski definition) is 2. The molecule has 4 rings (SSSR count). The fourth-order valence-corrected chi connectivity index (χ4v) is 6.30. The number of ether oxygens (including phenoxy) is 2. The van der Waals surface area contributed by atoms with Gasteiger partial charge >= 0.3 is 6.09 Å². The van der Waals surface area contributed by atoms with Crippen LogP contribution in [0.2, 0.25) is 0 Å². The Kier molecular flexibility index (Phi) is 12.9. The average Bonchev–Trinajstić information content (AvgIpc) is 3.03. The Bertz CT molecular complexity index is 1510. The largest absolute Gasteiger partial charge is 0.493 e. The highest BCUT2D eigenvalue weighted by molar-refractivity contribution is 5.65. The van der Waals surface area contributed by atoms with Gasteiger partial charge in [0.15, 0.2) is 0 Å². The molecule has 4 aromatic rings. The van der Waals surface area contributed by atoms with Gasteiger partial charge in [0.25, 0.3) is 0 Å². The second-order valence-corrected chi connectivity index (χ2v) is 13.6. The van der Waals surface area contributed by atoms with Crippen molar-refractivity contribution in [1.82, 2.24) is 10.2 Å². The van der Waals surface area contributed by atoms with Crippen molar-refractivity contribution >= 4 is 6.09 Å². The van der Waals surface area contributed by atoms with Crippen molar-refractivity contribution in [3.63, 3.8) is 0 Å². The number of nitrogens with zero attached hydrogens (tertiary/aromatic N) is 1. The van der Waals surface area contributed by atoms with Crippen molar-refractivity contribution in [2.24, 2.45) is 0 Å². The fourth-order valence-electron chi connectivity index (χ4n) is 6.30. The Morgan fingerprint density at radius 2 is 1.40 bits per heavy atom. The maximum atomic E-state index is 11.1. The second kappa shape index (κ2) is 17.0. The van der Waals surface area contributed by atoms with Crippen LogP contribution in [-0.2, 0) is 19.4 Å². The third-order valence-corrected chi connectivity index (χ3v) is 8.57. The molecule has 0 saturated carbocycles. The number of carbonyl (C=O) groups is 1. The van der Waals surface area contributed by atoms with E-state index < -0.39 is 11.6 Å². The summed E-state index contributed by atoms with van der Waals surface area (Å²) < 4.78 is 12.7. The molecule has 0 bridgehead atoms. The predicted octanol–water partition coefficient (Wildman–Crippen LogP) is 9.12. The number of hydrogen-bond acceptors (Lipinski definition) is 4. The van der Waals surface area contributed by atoms with Crippen LogP contribution in [0.5, 0.6) is 11.5 Å². The lowest BCUT2D eigenvalue weighted by atomic mass is 9.86. The molecule has 0 unspecified atom stereocenters. The third kappa shape index (κ3) is 11.2. The summed E-state index contributed by atoms with van der Waals surface area (Å²) in [5.41, 5.74) is 5.34. The van der Waals surface area contributed by atoms with Gasteiger partial charge in [0.1, 0.15) is 18.1 Å². The summed E-state index contributed by atoms with van der Waals surface area (Å²) in [4.78, 5) is 13.7. The molecule has 4 aromatic carbocycles. The first-order valence-electron chi connectivity index (χ1n) is 16.8. The second-order valence-electron chi connectivity index (χ2n) is 13.6. The van der Waals surface area contributed by atoms with E-state index in [1.54, 1.807) is 0 Å². The molecule has 0 aliphatic rings. The Morgan fingerprint density at radius 3 is 2.02 bits per heavy atom. The van der Waals surface area contributed by atoms with E-state index >= 15 is 0 Å². The van der Waals surface area contributed by atoms with Crippen molar-refractivity contribution in [3.05, 3.63) is 131 Å². The first kappa shape index (κ1) is 35.6. The van der Waals surface area contributed by atoms with Gasteiger partial charge in [-0.3, -0.25) is 4.90 Å². The Balaban J connectivity index is 1.53. The summed E-state index contributed by atoms with van der Waals surface area (Å²) in [5, 5.41) is 11.7. The SMILES string of the molecule is CC(C)N(CC[C@H](c1ccccc1)c1cc(CCOc2ccc(CC(C)(C)NC(=O)O)cc2)ccc1OCc1ccccc1)C(C)C. The van der Waals surface area contributed by atoms with Gasteiger partial charge in [-0.2, -0.15) is 0 Å². The molecule has 0 spiro atoms. The molecule has 0 aliphatic carbocycles. The number of amides is 1. The lowest BCUT2D eigenvalue weighted by Gasteiger charge is -2.32. The zero-order valence-corrected chi connectivity index (χ0v) is 28.9. The maximum Gasteiger partial charge on any atom is 0.405 e. The molecule has 1 atom stereocenters. The van der Waals surface area contributed by atoms with Crippen LogP contribution in [0.1, 0.15) is 81.7 Å². The topological polar surface area (TPSA) is 71.0 Å². The molecule has 0 heterocycles. The third-order valence-electron chi connectivity index (χ3n) is 8.57. The Hall–Kier alpha value is -4.29. The van der Waals surface area contributed by atoms with Crippen LogP contribution >= 0.6 is 0 Å². The first-order valence-corrected chi connectivity index (χ1v) is 16.8. The van der Waals surface area contributed by atoms with E-state index in [-0.39, 0.29) is 5.92 Å². The molecule has 0 aromatic heterocycles. The van der Waals surface area contributed by atoms with Gasteiger partial charge in [0, 0.05) is 35.5 Å². The lowest BCUT2D eigenvalue weighted by molar-refractivity contribution is 0.170. The summed E-state index contributed by atoms with van der Waals surface area (Å²) in [6.45, 7) is 14.9. The van der Waals surface area contributed by atoms with E-state index in [0.717, 1.165) is 42.0 Å². The van der Waals surface area contributed by atoms with Gasteiger partial charge in [-0.15, -0.1) is 0 Å². The fraction of sp³-hybridized carbons (Fsp3) is 0.390. The maximum absolute atomic E-state index is 11.1. The van der Waals surface area contributed by atoms with E-state index in [1.807, 2.05) is 56.3 Å². The number of nitrogens with one attached hydrogen (secondary N) is 1. The highest BCUT2D eigenvalue weighted by atomic mass is 16.5. The van der Waals surface area contributed by atoms with Crippen molar-refractivity contribution in [2.75, 3.05) is 13.2 Å². The Labute approximate surface area is 281 Å². The lowest BCUT2D eigenvalue weighted by Crippen LogP contribution is -2.44. The average molecular weight is 637 g/mol. The molecule has 2 N–H and O–H groups in total. The summed E-state index contributed by atoms with van der Waals surface area (Å²) in [7, 11) is 0. The van der Waals surface area contributed by atoms with Crippen molar-refractivity contribution in [3.8, 4) is 11.5 Å². The van der Waals surface area contributed by atoms with Crippen molar-refractivity contribution < 1.29 is 19.4 Å². The van der Waals surface area contributed by atoms with Gasteiger partial charge in [-0.05, 0) is 101 Å². The molecule has 0 aliphatic heterocycles. The summed E-state index contributed by atoms with van der Waals surface area (Å²) in [5.74, 6) is 1.89. The van der Waals surface area contributed by atoms with Crippen LogP contribution < -0.4 is 14.8 Å². The van der Waals surface area contributed by atoms with Crippen molar-refractivity contribution in [1.29, 1.82) is 0 Å². The van der Waals surface area contributed by atoms with Crippen LogP contribution in [0.15, 0.2) is 103 Å². The van der Waals surface area contributed by atoms with Gasteiger partial charge in [0.05, 0.1) is 6.61 Å². The highest BCUT2D eigenvalue weighted by Crippen LogP contribution is 2.36. The minimum Gasteiger partial charge on any atom is -0.493 e. The van der Waals surface area contributed by atoms with E-state index in [9.17, 15) is 4.79 Å². The minimum absolute atomic E-state index is 0.176.